The van der Waals surface area contributed by atoms with E-state index >= 15 is 0 Å². The number of amides is 1. The third kappa shape index (κ3) is 6.09. The zero-order valence-electron chi connectivity index (χ0n) is 13.5. The fraction of sp³-hybridized carbons (Fsp3) is 0.833. The quantitative estimate of drug-likeness (QED) is 0.790. The lowest BCUT2D eigenvalue weighted by Gasteiger charge is -2.31. The monoisotopic (exact) mass is 290 g/mol. The van der Waals surface area contributed by atoms with Gasteiger partial charge in [-0.1, -0.05) is 25.7 Å². The van der Waals surface area contributed by atoms with Gasteiger partial charge in [0.1, 0.15) is 0 Å². The third-order valence-corrected chi connectivity index (χ3v) is 4.74. The van der Waals surface area contributed by atoms with Crippen LogP contribution in [0, 0.1) is 23.7 Å². The van der Waals surface area contributed by atoms with Gasteiger partial charge in [0.25, 0.3) is 0 Å². The highest BCUT2D eigenvalue weighted by Gasteiger charge is 2.21. The Morgan fingerprint density at radius 2 is 1.90 bits per heavy atom. The van der Waals surface area contributed by atoms with E-state index < -0.39 is 0 Å². The molecule has 118 valence electrons. The summed E-state index contributed by atoms with van der Waals surface area (Å²) in [6, 6.07) is 0. The third-order valence-electron chi connectivity index (χ3n) is 4.74. The van der Waals surface area contributed by atoms with Crippen molar-refractivity contribution in [1.29, 1.82) is 0 Å². The van der Waals surface area contributed by atoms with Crippen molar-refractivity contribution in [3.8, 4) is 11.8 Å². The van der Waals surface area contributed by atoms with Crippen LogP contribution in [0.4, 0.5) is 0 Å². The van der Waals surface area contributed by atoms with Crippen molar-refractivity contribution >= 4 is 5.91 Å². The smallest absolute Gasteiger partial charge is 0.220 e. The standard InChI is InChI=1S/C18H30N2O/c1-2-3-6-11-20-12-7-10-17(15-20)14-19-18(21)13-16-8-4-5-9-16/h16-17H,2,4-5,7-15H2,1H3,(H,19,21). The predicted molar refractivity (Wildman–Crippen MR) is 86.8 cm³/mol. The molecule has 0 aromatic carbocycles. The Morgan fingerprint density at radius 1 is 1.14 bits per heavy atom. The summed E-state index contributed by atoms with van der Waals surface area (Å²) in [6.07, 6.45) is 9.29. The summed E-state index contributed by atoms with van der Waals surface area (Å²) in [6.45, 7) is 6.07. The maximum Gasteiger partial charge on any atom is 0.220 e. The molecule has 1 saturated carbocycles. The maximum absolute atomic E-state index is 12.0. The molecule has 1 unspecified atom stereocenters. The minimum absolute atomic E-state index is 0.268. The molecular weight excluding hydrogens is 260 g/mol. The molecule has 1 saturated heterocycles. The largest absolute Gasteiger partial charge is 0.356 e. The fourth-order valence-corrected chi connectivity index (χ4v) is 3.56. The number of piperidine rings is 1. The number of rotatable bonds is 5. The Morgan fingerprint density at radius 3 is 2.67 bits per heavy atom. The van der Waals surface area contributed by atoms with Gasteiger partial charge in [0, 0.05) is 25.9 Å². The van der Waals surface area contributed by atoms with Gasteiger partial charge in [-0.3, -0.25) is 9.69 Å². The van der Waals surface area contributed by atoms with E-state index in [1.165, 1.54) is 38.5 Å². The van der Waals surface area contributed by atoms with Crippen LogP contribution in [0.3, 0.4) is 0 Å². The molecule has 0 radical (unpaired) electrons. The van der Waals surface area contributed by atoms with Crippen LogP contribution in [-0.4, -0.2) is 37.0 Å². The Balaban J connectivity index is 1.63. The lowest BCUT2D eigenvalue weighted by Crippen LogP contribution is -2.41. The summed E-state index contributed by atoms with van der Waals surface area (Å²) in [5, 5.41) is 3.17. The molecule has 1 atom stereocenters. The van der Waals surface area contributed by atoms with Gasteiger partial charge >= 0.3 is 0 Å². The van der Waals surface area contributed by atoms with E-state index in [1.807, 2.05) is 0 Å². The number of likely N-dealkylation sites (tertiary alicyclic amines) is 1. The van der Waals surface area contributed by atoms with Crippen molar-refractivity contribution in [2.24, 2.45) is 11.8 Å². The highest BCUT2D eigenvalue weighted by atomic mass is 16.1. The summed E-state index contributed by atoms with van der Waals surface area (Å²) >= 11 is 0. The Labute approximate surface area is 129 Å². The highest BCUT2D eigenvalue weighted by Crippen LogP contribution is 2.27. The van der Waals surface area contributed by atoms with E-state index in [1.54, 1.807) is 0 Å². The first-order valence-electron chi connectivity index (χ1n) is 8.72. The van der Waals surface area contributed by atoms with E-state index in [-0.39, 0.29) is 5.91 Å². The van der Waals surface area contributed by atoms with E-state index in [0.29, 0.717) is 11.8 Å². The van der Waals surface area contributed by atoms with E-state index in [4.69, 9.17) is 0 Å². The molecule has 0 aromatic heterocycles. The summed E-state index contributed by atoms with van der Waals surface area (Å²) in [7, 11) is 0. The summed E-state index contributed by atoms with van der Waals surface area (Å²) < 4.78 is 0. The maximum atomic E-state index is 12.0. The van der Waals surface area contributed by atoms with Crippen molar-refractivity contribution in [2.45, 2.75) is 58.3 Å². The van der Waals surface area contributed by atoms with Gasteiger partial charge in [-0.05, 0) is 44.1 Å². The van der Waals surface area contributed by atoms with Gasteiger partial charge in [-0.25, -0.2) is 0 Å². The Bertz CT molecular complexity index is 376. The van der Waals surface area contributed by atoms with Crippen LogP contribution < -0.4 is 5.32 Å². The fourth-order valence-electron chi connectivity index (χ4n) is 3.56. The molecule has 0 aromatic rings. The first kappa shape index (κ1) is 16.4. The predicted octanol–water partition coefficient (Wildman–Crippen LogP) is 2.81. The number of carbonyl (C=O) groups excluding carboxylic acids is 1. The second-order valence-corrected chi connectivity index (χ2v) is 6.61. The van der Waals surface area contributed by atoms with Crippen molar-refractivity contribution in [1.82, 2.24) is 10.2 Å². The van der Waals surface area contributed by atoms with Gasteiger partial charge in [0.2, 0.25) is 5.91 Å². The number of carbonyl (C=O) groups is 1. The molecule has 1 aliphatic carbocycles. The van der Waals surface area contributed by atoms with Crippen LogP contribution in [0.1, 0.15) is 58.3 Å². The Hall–Kier alpha value is -1.01. The van der Waals surface area contributed by atoms with Crippen molar-refractivity contribution in [3.05, 3.63) is 0 Å². The number of nitrogens with zero attached hydrogens (tertiary/aromatic N) is 1. The molecular formula is C18H30N2O. The van der Waals surface area contributed by atoms with Gasteiger partial charge < -0.3 is 5.32 Å². The van der Waals surface area contributed by atoms with Gasteiger partial charge in [-0.2, -0.15) is 0 Å². The molecule has 1 N–H and O–H groups in total. The second-order valence-electron chi connectivity index (χ2n) is 6.61. The lowest BCUT2D eigenvalue weighted by molar-refractivity contribution is -0.122. The molecule has 0 bridgehead atoms. The zero-order valence-corrected chi connectivity index (χ0v) is 13.5. The average Bonchev–Trinajstić information content (AvgIpc) is 2.99. The molecule has 1 aliphatic heterocycles. The first-order chi connectivity index (χ1) is 10.3. The number of hydrogen-bond acceptors (Lipinski definition) is 2. The number of nitrogens with one attached hydrogen (secondary N) is 1. The summed E-state index contributed by atoms with van der Waals surface area (Å²) in [4.78, 5) is 14.4. The highest BCUT2D eigenvalue weighted by molar-refractivity contribution is 5.76. The molecule has 3 heteroatoms. The van der Waals surface area contributed by atoms with Crippen LogP contribution in [0.15, 0.2) is 0 Å². The van der Waals surface area contributed by atoms with Gasteiger partial charge in [0.15, 0.2) is 0 Å². The summed E-state index contributed by atoms with van der Waals surface area (Å²) in [5.41, 5.74) is 0. The SMILES string of the molecule is CCC#CCN1CCCC(CNC(=O)CC2CCCC2)C1. The molecule has 3 nitrogen and oxygen atoms in total. The van der Waals surface area contributed by atoms with E-state index in [0.717, 1.165) is 39.0 Å². The molecule has 2 rings (SSSR count). The van der Waals surface area contributed by atoms with Gasteiger partial charge in [-0.15, -0.1) is 5.92 Å². The van der Waals surface area contributed by atoms with Crippen LogP contribution in [-0.2, 0) is 4.79 Å². The second kappa shape index (κ2) is 9.10. The number of hydrogen-bond donors (Lipinski definition) is 1. The van der Waals surface area contributed by atoms with Crippen LogP contribution in [0.25, 0.3) is 0 Å². The van der Waals surface area contributed by atoms with E-state index in [2.05, 4.69) is 29.0 Å². The minimum atomic E-state index is 0.268. The van der Waals surface area contributed by atoms with Crippen molar-refractivity contribution < 1.29 is 4.79 Å². The van der Waals surface area contributed by atoms with Crippen LogP contribution >= 0.6 is 0 Å². The van der Waals surface area contributed by atoms with Crippen molar-refractivity contribution in [3.63, 3.8) is 0 Å². The molecule has 2 aliphatic rings. The Kier molecular flexibility index (Phi) is 7.09. The molecule has 1 amide bonds. The minimum Gasteiger partial charge on any atom is -0.356 e. The van der Waals surface area contributed by atoms with Gasteiger partial charge in [0.05, 0.1) is 6.54 Å². The molecule has 21 heavy (non-hydrogen) atoms. The molecule has 1 heterocycles. The molecule has 2 fully saturated rings. The normalized spacial score (nSPS) is 23.6. The topological polar surface area (TPSA) is 32.3 Å². The molecule has 0 spiro atoms. The summed E-state index contributed by atoms with van der Waals surface area (Å²) in [5.74, 6) is 7.89. The van der Waals surface area contributed by atoms with E-state index in [9.17, 15) is 4.79 Å². The first-order valence-corrected chi connectivity index (χ1v) is 8.72. The average molecular weight is 290 g/mol. The lowest BCUT2D eigenvalue weighted by atomic mass is 9.97. The zero-order chi connectivity index (χ0) is 14.9. The van der Waals surface area contributed by atoms with Crippen LogP contribution in [0.2, 0.25) is 0 Å². The van der Waals surface area contributed by atoms with Crippen LogP contribution in [0.5, 0.6) is 0 Å². The van der Waals surface area contributed by atoms with Crippen molar-refractivity contribution in [2.75, 3.05) is 26.2 Å².